The van der Waals surface area contributed by atoms with Crippen LogP contribution in [0.3, 0.4) is 0 Å². The van der Waals surface area contributed by atoms with Gasteiger partial charge in [0, 0.05) is 17.1 Å². The van der Waals surface area contributed by atoms with E-state index in [1.54, 1.807) is 6.26 Å². The number of aromatic nitrogens is 3. The molecule has 3 aromatic heterocycles. The molecule has 6 heteroatoms. The van der Waals surface area contributed by atoms with Gasteiger partial charge in [0.15, 0.2) is 11.5 Å². The standard InChI is InChI=1S/C20H20N4O2/c1-12-7-8-16-15(11-26-19(16)13(12)2)10-18(25)21-14(3)20-23-22-17-6-4-5-9-24(17)20/h4-9,11,14H,10H2,1-3H3,(H,21,25). The fraction of sp³-hybridized carbons (Fsp3) is 0.250. The molecule has 4 rings (SSSR count). The third kappa shape index (κ3) is 2.73. The van der Waals surface area contributed by atoms with E-state index in [2.05, 4.69) is 21.6 Å². The van der Waals surface area contributed by atoms with Crippen molar-refractivity contribution in [2.24, 2.45) is 0 Å². The Labute approximate surface area is 150 Å². The van der Waals surface area contributed by atoms with Crippen LogP contribution in [0, 0.1) is 13.8 Å². The minimum absolute atomic E-state index is 0.0777. The Kier molecular flexibility index (Phi) is 3.95. The highest BCUT2D eigenvalue weighted by Gasteiger charge is 2.18. The Balaban J connectivity index is 1.53. The average Bonchev–Trinajstić information content (AvgIpc) is 3.22. The number of amides is 1. The molecule has 3 heterocycles. The normalized spacial score (nSPS) is 12.6. The number of hydrogen-bond acceptors (Lipinski definition) is 4. The summed E-state index contributed by atoms with van der Waals surface area (Å²) in [5.74, 6) is 0.628. The van der Waals surface area contributed by atoms with E-state index in [0.29, 0.717) is 5.82 Å². The summed E-state index contributed by atoms with van der Waals surface area (Å²) in [4.78, 5) is 12.5. The maximum Gasteiger partial charge on any atom is 0.225 e. The Morgan fingerprint density at radius 3 is 2.92 bits per heavy atom. The molecule has 1 aromatic carbocycles. The summed E-state index contributed by atoms with van der Waals surface area (Å²) < 4.78 is 7.57. The molecular formula is C20H20N4O2. The van der Waals surface area contributed by atoms with Crippen molar-refractivity contribution in [2.45, 2.75) is 33.2 Å². The van der Waals surface area contributed by atoms with E-state index in [1.165, 1.54) is 5.56 Å². The molecule has 0 aliphatic carbocycles. The summed E-state index contributed by atoms with van der Waals surface area (Å²) in [6.07, 6.45) is 3.83. The number of aryl methyl sites for hydroxylation is 2. The molecule has 1 atom stereocenters. The van der Waals surface area contributed by atoms with Crippen LogP contribution in [0.25, 0.3) is 16.6 Å². The molecule has 0 bridgehead atoms. The summed E-state index contributed by atoms with van der Waals surface area (Å²) in [6.45, 7) is 5.99. The zero-order valence-corrected chi connectivity index (χ0v) is 15.0. The Morgan fingerprint density at radius 2 is 2.08 bits per heavy atom. The summed E-state index contributed by atoms with van der Waals surface area (Å²) in [5, 5.41) is 12.3. The van der Waals surface area contributed by atoms with Crippen LogP contribution in [-0.2, 0) is 11.2 Å². The van der Waals surface area contributed by atoms with E-state index < -0.39 is 0 Å². The minimum atomic E-state index is -0.248. The highest BCUT2D eigenvalue weighted by molar-refractivity contribution is 5.89. The second-order valence-electron chi connectivity index (χ2n) is 6.60. The molecule has 0 spiro atoms. The van der Waals surface area contributed by atoms with Gasteiger partial charge in [-0.25, -0.2) is 0 Å². The molecule has 0 radical (unpaired) electrons. The van der Waals surface area contributed by atoms with Crippen LogP contribution in [0.5, 0.6) is 0 Å². The van der Waals surface area contributed by atoms with Gasteiger partial charge in [0.1, 0.15) is 5.58 Å². The fourth-order valence-electron chi connectivity index (χ4n) is 3.21. The summed E-state index contributed by atoms with van der Waals surface area (Å²) in [7, 11) is 0. The molecule has 1 amide bonds. The predicted octanol–water partition coefficient (Wildman–Crippen LogP) is 3.51. The first kappa shape index (κ1) is 16.3. The second-order valence-corrected chi connectivity index (χ2v) is 6.60. The van der Waals surface area contributed by atoms with Gasteiger partial charge in [-0.1, -0.05) is 18.2 Å². The van der Waals surface area contributed by atoms with E-state index in [0.717, 1.165) is 27.7 Å². The second kappa shape index (κ2) is 6.29. The SMILES string of the molecule is Cc1ccc2c(CC(=O)NC(C)c3nnc4ccccn34)coc2c1C. The van der Waals surface area contributed by atoms with Crippen molar-refractivity contribution in [3.8, 4) is 0 Å². The number of hydrogen-bond donors (Lipinski definition) is 1. The van der Waals surface area contributed by atoms with Crippen LogP contribution in [-0.4, -0.2) is 20.5 Å². The van der Waals surface area contributed by atoms with Gasteiger partial charge >= 0.3 is 0 Å². The number of furan rings is 1. The number of carbonyl (C=O) groups excluding carboxylic acids is 1. The smallest absolute Gasteiger partial charge is 0.225 e. The van der Waals surface area contributed by atoms with Crippen LogP contribution >= 0.6 is 0 Å². The van der Waals surface area contributed by atoms with E-state index in [9.17, 15) is 4.79 Å². The van der Waals surface area contributed by atoms with Crippen molar-refractivity contribution in [3.05, 3.63) is 65.3 Å². The molecule has 0 aliphatic rings. The summed E-state index contributed by atoms with van der Waals surface area (Å²) >= 11 is 0. The van der Waals surface area contributed by atoms with Gasteiger partial charge in [0.25, 0.3) is 0 Å². The first-order chi connectivity index (χ1) is 12.5. The minimum Gasteiger partial charge on any atom is -0.464 e. The number of fused-ring (bicyclic) bond motifs is 2. The maximum atomic E-state index is 12.5. The van der Waals surface area contributed by atoms with Crippen LogP contribution in [0.2, 0.25) is 0 Å². The van der Waals surface area contributed by atoms with Crippen molar-refractivity contribution in [1.82, 2.24) is 19.9 Å². The van der Waals surface area contributed by atoms with Crippen molar-refractivity contribution < 1.29 is 9.21 Å². The van der Waals surface area contributed by atoms with Crippen molar-refractivity contribution in [3.63, 3.8) is 0 Å². The quantitative estimate of drug-likeness (QED) is 0.612. The lowest BCUT2D eigenvalue weighted by atomic mass is 10.0. The maximum absolute atomic E-state index is 12.5. The van der Waals surface area contributed by atoms with Crippen molar-refractivity contribution in [1.29, 1.82) is 0 Å². The number of nitrogens with zero attached hydrogens (tertiary/aromatic N) is 3. The zero-order chi connectivity index (χ0) is 18.3. The molecule has 1 unspecified atom stereocenters. The van der Waals surface area contributed by atoms with Crippen molar-refractivity contribution in [2.75, 3.05) is 0 Å². The number of rotatable bonds is 4. The zero-order valence-electron chi connectivity index (χ0n) is 15.0. The molecule has 1 N–H and O–H groups in total. The Morgan fingerprint density at radius 1 is 1.23 bits per heavy atom. The molecule has 0 fully saturated rings. The highest BCUT2D eigenvalue weighted by Crippen LogP contribution is 2.27. The van der Waals surface area contributed by atoms with Crippen LogP contribution < -0.4 is 5.32 Å². The molecule has 6 nitrogen and oxygen atoms in total. The largest absolute Gasteiger partial charge is 0.464 e. The number of benzene rings is 1. The van der Waals surface area contributed by atoms with E-state index >= 15 is 0 Å². The van der Waals surface area contributed by atoms with Gasteiger partial charge in [0.05, 0.1) is 18.7 Å². The van der Waals surface area contributed by atoms with Gasteiger partial charge in [-0.2, -0.15) is 0 Å². The van der Waals surface area contributed by atoms with Crippen molar-refractivity contribution >= 4 is 22.5 Å². The van der Waals surface area contributed by atoms with Crippen LogP contribution in [0.1, 0.15) is 35.5 Å². The molecular weight excluding hydrogens is 328 g/mol. The van der Waals surface area contributed by atoms with Gasteiger partial charge in [-0.3, -0.25) is 9.20 Å². The topological polar surface area (TPSA) is 72.4 Å². The Hall–Kier alpha value is -3.15. The first-order valence-electron chi connectivity index (χ1n) is 8.60. The Bertz CT molecular complexity index is 1110. The molecule has 132 valence electrons. The first-order valence-corrected chi connectivity index (χ1v) is 8.60. The van der Waals surface area contributed by atoms with Gasteiger partial charge in [0.2, 0.25) is 5.91 Å². The highest BCUT2D eigenvalue weighted by atomic mass is 16.3. The van der Waals surface area contributed by atoms with E-state index in [1.807, 2.05) is 55.6 Å². The predicted molar refractivity (Wildman–Crippen MR) is 98.9 cm³/mol. The lowest BCUT2D eigenvalue weighted by Gasteiger charge is -2.12. The van der Waals surface area contributed by atoms with E-state index in [4.69, 9.17) is 4.42 Å². The summed E-state index contributed by atoms with van der Waals surface area (Å²) in [5.41, 5.74) is 4.78. The number of carbonyl (C=O) groups is 1. The van der Waals surface area contributed by atoms with Gasteiger partial charge in [-0.05, 0) is 44.0 Å². The lowest BCUT2D eigenvalue weighted by Crippen LogP contribution is -2.29. The average molecular weight is 348 g/mol. The number of pyridine rings is 1. The van der Waals surface area contributed by atoms with Crippen LogP contribution in [0.4, 0.5) is 0 Å². The molecule has 26 heavy (non-hydrogen) atoms. The third-order valence-corrected chi connectivity index (χ3v) is 4.80. The number of nitrogens with one attached hydrogen (secondary N) is 1. The molecule has 0 aliphatic heterocycles. The fourth-order valence-corrected chi connectivity index (χ4v) is 3.21. The van der Waals surface area contributed by atoms with Gasteiger partial charge in [-0.15, -0.1) is 10.2 Å². The molecule has 0 saturated heterocycles. The molecule has 0 saturated carbocycles. The summed E-state index contributed by atoms with van der Waals surface area (Å²) in [6, 6.07) is 9.52. The van der Waals surface area contributed by atoms with Crippen LogP contribution in [0.15, 0.2) is 47.2 Å². The molecule has 4 aromatic rings. The lowest BCUT2D eigenvalue weighted by molar-refractivity contribution is -0.121. The van der Waals surface area contributed by atoms with Gasteiger partial charge < -0.3 is 9.73 Å². The van der Waals surface area contributed by atoms with E-state index in [-0.39, 0.29) is 18.4 Å². The third-order valence-electron chi connectivity index (χ3n) is 4.80. The monoisotopic (exact) mass is 348 g/mol.